The van der Waals surface area contributed by atoms with E-state index in [9.17, 15) is 5.11 Å². The summed E-state index contributed by atoms with van der Waals surface area (Å²) in [5, 5.41) is 11.8. The molecule has 0 atom stereocenters. The maximum absolute atomic E-state index is 9.77. The van der Waals surface area contributed by atoms with E-state index in [0.717, 1.165) is 57.6 Å². The molecule has 0 unspecified atom stereocenters. The molecule has 0 radical (unpaired) electrons. The molecule has 4 aromatic rings. The van der Waals surface area contributed by atoms with Crippen LogP contribution < -0.4 is 23.5 Å². The Hall–Kier alpha value is -3.93. The summed E-state index contributed by atoms with van der Waals surface area (Å²) in [7, 11) is 3.31. The highest BCUT2D eigenvalue weighted by Gasteiger charge is 2.29. The quantitative estimate of drug-likeness (QED) is 0.488. The first-order chi connectivity index (χ1) is 15.7. The van der Waals surface area contributed by atoms with Crippen molar-refractivity contribution < 1.29 is 28.6 Å². The minimum atomic E-state index is 0.233. The van der Waals surface area contributed by atoms with Crippen molar-refractivity contribution in [3.63, 3.8) is 0 Å². The predicted octanol–water partition coefficient (Wildman–Crippen LogP) is 4.47. The molecule has 6 heteroatoms. The molecule has 0 saturated carbocycles. The Labute approximate surface area is 185 Å². The first-order valence-electron chi connectivity index (χ1n) is 10.5. The summed E-state index contributed by atoms with van der Waals surface area (Å²) < 4.78 is 24.9. The molecule has 2 aliphatic heterocycles. The number of hydrogen-bond acceptors (Lipinski definition) is 5. The van der Waals surface area contributed by atoms with Crippen LogP contribution in [0.2, 0.25) is 0 Å². The number of pyridine rings is 1. The average molecular weight is 428 g/mol. The van der Waals surface area contributed by atoms with E-state index in [2.05, 4.69) is 29.0 Å². The van der Waals surface area contributed by atoms with E-state index in [1.807, 2.05) is 18.2 Å². The largest absolute Gasteiger partial charge is 0.508 e. The third-order valence-corrected chi connectivity index (χ3v) is 6.30. The molecular weight excluding hydrogens is 406 g/mol. The number of phenols is 1. The Kier molecular flexibility index (Phi) is 4.15. The zero-order valence-electron chi connectivity index (χ0n) is 17.8. The number of phenolic OH excluding ortho intramolecular Hbond substituents is 1. The van der Waals surface area contributed by atoms with E-state index in [4.69, 9.17) is 18.9 Å². The summed E-state index contributed by atoms with van der Waals surface area (Å²) >= 11 is 0. The van der Waals surface area contributed by atoms with E-state index < -0.39 is 0 Å². The normalized spacial score (nSPS) is 13.6. The number of aromatic nitrogens is 1. The lowest BCUT2D eigenvalue weighted by Crippen LogP contribution is -2.40. The third kappa shape index (κ3) is 2.76. The van der Waals surface area contributed by atoms with Crippen LogP contribution >= 0.6 is 0 Å². The third-order valence-electron chi connectivity index (χ3n) is 6.30. The Balaban J connectivity index is 1.66. The fourth-order valence-electron chi connectivity index (χ4n) is 4.73. The van der Waals surface area contributed by atoms with Gasteiger partial charge < -0.3 is 24.1 Å². The second-order valence-electron chi connectivity index (χ2n) is 8.00. The van der Waals surface area contributed by atoms with Crippen LogP contribution in [0, 0.1) is 0 Å². The molecule has 0 amide bonds. The number of nitrogens with zero attached hydrogens (tertiary/aromatic N) is 1. The molecule has 32 heavy (non-hydrogen) atoms. The van der Waals surface area contributed by atoms with Gasteiger partial charge in [0.25, 0.3) is 0 Å². The SMILES string of the molecule is COc1cc(-c2ccc(O)cc2)c2cc3[n+](cc2c1OC)CCc1cc2c(cc1-3)OCO2. The first-order valence-corrected chi connectivity index (χ1v) is 10.5. The van der Waals surface area contributed by atoms with Gasteiger partial charge in [-0.1, -0.05) is 12.1 Å². The van der Waals surface area contributed by atoms with E-state index in [-0.39, 0.29) is 12.5 Å². The number of ether oxygens (including phenoxy) is 4. The number of aryl methyl sites for hydroxylation is 2. The van der Waals surface area contributed by atoms with Gasteiger partial charge in [-0.25, -0.2) is 0 Å². The van der Waals surface area contributed by atoms with E-state index in [1.54, 1.807) is 26.4 Å². The molecule has 0 bridgehead atoms. The molecule has 160 valence electrons. The molecule has 3 aromatic carbocycles. The van der Waals surface area contributed by atoms with Crippen LogP contribution in [-0.2, 0) is 13.0 Å². The summed E-state index contributed by atoms with van der Waals surface area (Å²) in [6.07, 6.45) is 3.05. The highest BCUT2D eigenvalue weighted by Crippen LogP contribution is 2.44. The van der Waals surface area contributed by atoms with Crippen LogP contribution in [0.15, 0.2) is 54.7 Å². The molecule has 0 fully saturated rings. The van der Waals surface area contributed by atoms with Gasteiger partial charge in [-0.2, -0.15) is 4.57 Å². The van der Waals surface area contributed by atoms with Gasteiger partial charge in [-0.05, 0) is 47.0 Å². The van der Waals surface area contributed by atoms with Gasteiger partial charge in [-0.15, -0.1) is 0 Å². The van der Waals surface area contributed by atoms with Crippen LogP contribution in [0.4, 0.5) is 0 Å². The minimum Gasteiger partial charge on any atom is -0.508 e. The maximum Gasteiger partial charge on any atom is 0.231 e. The standard InChI is InChI=1S/C26H21NO5/c1-29-25-11-18(15-3-5-17(28)6-4-15)20-10-22-19-12-24-23(31-14-32-24)9-16(19)7-8-27(22)13-21(20)26(25)30-2/h3-6,9-13H,7-8,14H2,1-2H3/p+1. The van der Waals surface area contributed by atoms with Gasteiger partial charge in [0.1, 0.15) is 5.75 Å². The molecule has 6 rings (SSSR count). The van der Waals surface area contributed by atoms with Crippen LogP contribution in [0.1, 0.15) is 5.56 Å². The fourth-order valence-corrected chi connectivity index (χ4v) is 4.73. The molecule has 2 aliphatic rings. The van der Waals surface area contributed by atoms with Gasteiger partial charge >= 0.3 is 0 Å². The molecule has 1 aromatic heterocycles. The van der Waals surface area contributed by atoms with Crippen molar-refractivity contribution in [2.75, 3.05) is 21.0 Å². The number of aromatic hydroxyl groups is 1. The number of methoxy groups -OCH3 is 2. The lowest BCUT2D eigenvalue weighted by molar-refractivity contribution is -0.686. The Morgan fingerprint density at radius 3 is 2.41 bits per heavy atom. The minimum absolute atomic E-state index is 0.233. The molecule has 3 heterocycles. The average Bonchev–Trinajstić information content (AvgIpc) is 3.28. The Morgan fingerprint density at radius 2 is 1.66 bits per heavy atom. The fraction of sp³-hybridized carbons (Fsp3) is 0.192. The maximum atomic E-state index is 9.77. The smallest absolute Gasteiger partial charge is 0.231 e. The van der Waals surface area contributed by atoms with Crippen LogP contribution in [0.3, 0.4) is 0 Å². The number of fused-ring (bicyclic) bond motifs is 5. The molecule has 0 aliphatic carbocycles. The van der Waals surface area contributed by atoms with E-state index in [0.29, 0.717) is 11.5 Å². The monoisotopic (exact) mass is 428 g/mol. The van der Waals surface area contributed by atoms with Crippen molar-refractivity contribution in [1.29, 1.82) is 0 Å². The van der Waals surface area contributed by atoms with Gasteiger partial charge in [-0.3, -0.25) is 0 Å². The predicted molar refractivity (Wildman–Crippen MR) is 120 cm³/mol. The van der Waals surface area contributed by atoms with Gasteiger partial charge in [0.2, 0.25) is 12.5 Å². The number of benzene rings is 3. The van der Waals surface area contributed by atoms with Gasteiger partial charge in [0.05, 0.1) is 25.2 Å². The second kappa shape index (κ2) is 7.05. The van der Waals surface area contributed by atoms with Crippen molar-refractivity contribution in [3.05, 3.63) is 60.3 Å². The topological polar surface area (TPSA) is 61.0 Å². The first kappa shape index (κ1) is 18.8. The van der Waals surface area contributed by atoms with Crippen molar-refractivity contribution >= 4 is 10.8 Å². The van der Waals surface area contributed by atoms with Crippen molar-refractivity contribution in [3.8, 4) is 51.1 Å². The van der Waals surface area contributed by atoms with E-state index in [1.165, 1.54) is 5.56 Å². The lowest BCUT2D eigenvalue weighted by Gasteiger charge is -2.19. The summed E-state index contributed by atoms with van der Waals surface area (Å²) in [5.74, 6) is 3.20. The zero-order chi connectivity index (χ0) is 21.8. The Bertz CT molecular complexity index is 1380. The van der Waals surface area contributed by atoms with Crippen molar-refractivity contribution in [2.45, 2.75) is 13.0 Å². The number of rotatable bonds is 3. The van der Waals surface area contributed by atoms with Crippen LogP contribution in [-0.4, -0.2) is 26.1 Å². The molecule has 6 nitrogen and oxygen atoms in total. The van der Waals surface area contributed by atoms with Gasteiger partial charge in [0, 0.05) is 17.9 Å². The lowest BCUT2D eigenvalue weighted by atomic mass is 9.92. The molecular formula is C26H22NO5+. The summed E-state index contributed by atoms with van der Waals surface area (Å²) in [4.78, 5) is 0. The Morgan fingerprint density at radius 1 is 0.875 bits per heavy atom. The number of hydrogen-bond donors (Lipinski definition) is 1. The zero-order valence-corrected chi connectivity index (χ0v) is 17.8. The highest BCUT2D eigenvalue weighted by atomic mass is 16.7. The molecule has 1 N–H and O–H groups in total. The van der Waals surface area contributed by atoms with Crippen LogP contribution in [0.5, 0.6) is 28.7 Å². The summed E-state index contributed by atoms with van der Waals surface area (Å²) in [6, 6.07) is 15.6. The summed E-state index contributed by atoms with van der Waals surface area (Å²) in [6.45, 7) is 1.12. The second-order valence-corrected chi connectivity index (χ2v) is 8.00. The van der Waals surface area contributed by atoms with Crippen molar-refractivity contribution in [2.24, 2.45) is 0 Å². The van der Waals surface area contributed by atoms with Crippen LogP contribution in [0.25, 0.3) is 33.2 Å². The van der Waals surface area contributed by atoms with Gasteiger partial charge in [0.15, 0.2) is 35.7 Å². The highest BCUT2D eigenvalue weighted by molar-refractivity contribution is 6.02. The van der Waals surface area contributed by atoms with E-state index >= 15 is 0 Å². The molecule has 0 spiro atoms. The van der Waals surface area contributed by atoms with Crippen molar-refractivity contribution in [1.82, 2.24) is 0 Å². The molecule has 0 saturated heterocycles. The summed E-state index contributed by atoms with van der Waals surface area (Å²) in [5.41, 5.74) is 5.51.